The number of ether oxygens (including phenoxy) is 1. The highest BCUT2D eigenvalue weighted by molar-refractivity contribution is 7.17. The van der Waals surface area contributed by atoms with E-state index in [2.05, 4.69) is 39.0 Å². The highest BCUT2D eigenvalue weighted by Gasteiger charge is 2.43. The molecule has 0 spiro atoms. The molecular weight excluding hydrogens is 595 g/mol. The number of halogens is 4. The van der Waals surface area contributed by atoms with Crippen molar-refractivity contribution >= 4 is 34.9 Å². The minimum absolute atomic E-state index is 0.0139. The van der Waals surface area contributed by atoms with E-state index in [1.54, 1.807) is 0 Å². The molecule has 1 aliphatic heterocycles. The molecule has 0 unspecified atom stereocenters. The summed E-state index contributed by atoms with van der Waals surface area (Å²) < 4.78 is 42.2. The maximum atomic E-state index is 12.2. The topological polar surface area (TPSA) is 90.9 Å². The van der Waals surface area contributed by atoms with Gasteiger partial charge in [-0.3, -0.25) is 0 Å². The van der Waals surface area contributed by atoms with Gasteiger partial charge >= 0.3 is 18.1 Å². The third-order valence-electron chi connectivity index (χ3n) is 6.86. The monoisotopic (exact) mass is 625 g/mol. The van der Waals surface area contributed by atoms with Gasteiger partial charge in [0.25, 0.3) is 0 Å². The predicted octanol–water partition coefficient (Wildman–Crippen LogP) is 7.01. The normalized spacial score (nSPS) is 14.7. The van der Waals surface area contributed by atoms with E-state index in [1.807, 2.05) is 43.0 Å². The first-order chi connectivity index (χ1) is 20.0. The quantitative estimate of drug-likeness (QED) is 0.185. The Morgan fingerprint density at radius 2 is 1.81 bits per heavy atom. The summed E-state index contributed by atoms with van der Waals surface area (Å²) in [5.74, 6) is -2.67. The number of carbonyl (C=O) groups excluding carboxylic acids is 2. The second-order valence-electron chi connectivity index (χ2n) is 10.1. The lowest BCUT2D eigenvalue weighted by Gasteiger charge is -2.33. The summed E-state index contributed by atoms with van der Waals surface area (Å²) in [5.41, 5.74) is 4.38. The molecule has 0 aliphatic carbocycles. The Labute approximate surface area is 250 Å². The zero-order chi connectivity index (χ0) is 30.4. The van der Waals surface area contributed by atoms with E-state index in [0.29, 0.717) is 29.8 Å². The fourth-order valence-corrected chi connectivity index (χ4v) is 6.02. The molecule has 0 bridgehead atoms. The number of hydrogen-bond donors (Lipinski definition) is 0. The second-order valence-corrected chi connectivity index (χ2v) is 11.5. The van der Waals surface area contributed by atoms with Crippen LogP contribution in [0.4, 0.5) is 13.2 Å². The molecule has 42 heavy (non-hydrogen) atoms. The lowest BCUT2D eigenvalue weighted by molar-refractivity contribution is -0.285. The Hall–Kier alpha value is -3.22. The molecular formula is C29H31ClF3N3O5S. The van der Waals surface area contributed by atoms with Crippen LogP contribution in [0, 0.1) is 0 Å². The Morgan fingerprint density at radius 1 is 1.10 bits per heavy atom. The SMILES string of the molecule is CCc1c(-c2nnc(-c3ccc(OC(C)C)c(Cl)c3)s2)cccc1C1CCN(CCC(=O)OOC(=O)C(F)(F)F)CC1. The first-order valence-electron chi connectivity index (χ1n) is 13.6. The molecule has 0 N–H and O–H groups in total. The summed E-state index contributed by atoms with van der Waals surface area (Å²) in [7, 11) is 0. The van der Waals surface area contributed by atoms with E-state index in [-0.39, 0.29) is 19.1 Å². The fourth-order valence-electron chi connectivity index (χ4n) is 4.90. The lowest BCUT2D eigenvalue weighted by Crippen LogP contribution is -2.35. The highest BCUT2D eigenvalue weighted by atomic mass is 35.5. The molecule has 8 nitrogen and oxygen atoms in total. The van der Waals surface area contributed by atoms with Crippen molar-refractivity contribution in [2.24, 2.45) is 0 Å². The van der Waals surface area contributed by atoms with Crippen molar-refractivity contribution in [3.8, 4) is 26.9 Å². The largest absolute Gasteiger partial charge is 0.495 e. The molecule has 1 saturated heterocycles. The van der Waals surface area contributed by atoms with E-state index in [0.717, 1.165) is 40.4 Å². The van der Waals surface area contributed by atoms with Crippen molar-refractivity contribution in [3.05, 3.63) is 52.5 Å². The Bertz CT molecular complexity index is 1410. The molecule has 0 saturated carbocycles. The number of aromatic nitrogens is 2. The molecule has 1 aromatic heterocycles. The minimum atomic E-state index is -5.22. The van der Waals surface area contributed by atoms with Crippen molar-refractivity contribution < 1.29 is 37.3 Å². The van der Waals surface area contributed by atoms with E-state index in [9.17, 15) is 22.8 Å². The van der Waals surface area contributed by atoms with Gasteiger partial charge in [-0.2, -0.15) is 13.2 Å². The molecule has 0 amide bonds. The average molecular weight is 626 g/mol. The number of likely N-dealkylation sites (tertiary alicyclic amines) is 1. The van der Waals surface area contributed by atoms with Gasteiger partial charge in [0.2, 0.25) is 0 Å². The number of rotatable bonds is 9. The van der Waals surface area contributed by atoms with Gasteiger partial charge in [0, 0.05) is 17.7 Å². The van der Waals surface area contributed by atoms with Crippen molar-refractivity contribution in [2.45, 2.75) is 64.7 Å². The van der Waals surface area contributed by atoms with Crippen LogP contribution in [0.2, 0.25) is 5.02 Å². The number of alkyl halides is 3. The Balaban J connectivity index is 1.38. The summed E-state index contributed by atoms with van der Waals surface area (Å²) in [6.07, 6.45) is -2.89. The van der Waals surface area contributed by atoms with Crippen LogP contribution in [0.15, 0.2) is 36.4 Å². The van der Waals surface area contributed by atoms with Crippen LogP contribution in [-0.4, -0.2) is 59.0 Å². The summed E-state index contributed by atoms with van der Waals surface area (Å²) in [6, 6.07) is 11.8. The van der Waals surface area contributed by atoms with E-state index in [4.69, 9.17) is 16.3 Å². The van der Waals surface area contributed by atoms with Gasteiger partial charge in [0.15, 0.2) is 0 Å². The van der Waals surface area contributed by atoms with E-state index >= 15 is 0 Å². The van der Waals surface area contributed by atoms with Crippen LogP contribution in [0.25, 0.3) is 21.1 Å². The van der Waals surface area contributed by atoms with Crippen LogP contribution in [0.1, 0.15) is 57.1 Å². The van der Waals surface area contributed by atoms with Gasteiger partial charge in [0.05, 0.1) is 17.5 Å². The fraction of sp³-hybridized carbons (Fsp3) is 0.448. The first-order valence-corrected chi connectivity index (χ1v) is 14.8. The highest BCUT2D eigenvalue weighted by Crippen LogP contribution is 2.39. The molecule has 2 heterocycles. The molecule has 2 aromatic carbocycles. The van der Waals surface area contributed by atoms with Crippen LogP contribution in [-0.2, 0) is 25.8 Å². The summed E-state index contributed by atoms with van der Waals surface area (Å²) in [4.78, 5) is 32.0. The zero-order valence-electron chi connectivity index (χ0n) is 23.4. The van der Waals surface area contributed by atoms with Crippen LogP contribution in [0.5, 0.6) is 5.75 Å². The van der Waals surface area contributed by atoms with Gasteiger partial charge < -0.3 is 9.64 Å². The number of benzene rings is 2. The summed E-state index contributed by atoms with van der Waals surface area (Å²) in [6.45, 7) is 7.69. The number of nitrogens with zero attached hydrogens (tertiary/aromatic N) is 3. The second kappa shape index (κ2) is 13.8. The number of hydrogen-bond acceptors (Lipinski definition) is 9. The first kappa shape index (κ1) is 31.7. The summed E-state index contributed by atoms with van der Waals surface area (Å²) >= 11 is 7.94. The number of piperidine rings is 1. The van der Waals surface area contributed by atoms with Gasteiger partial charge in [-0.15, -0.1) is 10.2 Å². The average Bonchev–Trinajstić information content (AvgIpc) is 3.45. The molecule has 1 aliphatic rings. The van der Waals surface area contributed by atoms with Gasteiger partial charge in [-0.1, -0.05) is 48.1 Å². The van der Waals surface area contributed by atoms with Gasteiger partial charge in [-0.05, 0) is 81.4 Å². The van der Waals surface area contributed by atoms with E-state index in [1.165, 1.54) is 22.5 Å². The molecule has 1 fully saturated rings. The zero-order valence-corrected chi connectivity index (χ0v) is 24.9. The number of carbonyl (C=O) groups is 2. The smallest absolute Gasteiger partial charge is 0.489 e. The molecule has 226 valence electrons. The van der Waals surface area contributed by atoms with E-state index < -0.39 is 18.1 Å². The standard InChI is InChI=1S/C29H31ClF3N3O5S/c1-4-20-21(18-10-13-36(14-11-18)15-12-25(37)40-41-28(38)29(31,32)33)6-5-7-22(20)27-35-34-26(42-27)19-8-9-24(23(30)16-19)39-17(2)3/h5-9,16-18H,4,10-15H2,1-3H3. The van der Waals surface area contributed by atoms with Crippen LogP contribution < -0.4 is 4.74 Å². The predicted molar refractivity (Wildman–Crippen MR) is 152 cm³/mol. The van der Waals surface area contributed by atoms with Crippen LogP contribution >= 0.6 is 22.9 Å². The van der Waals surface area contributed by atoms with Crippen molar-refractivity contribution in [2.75, 3.05) is 19.6 Å². The molecule has 3 aromatic rings. The molecule has 13 heteroatoms. The van der Waals surface area contributed by atoms with Crippen LogP contribution in [0.3, 0.4) is 0 Å². The van der Waals surface area contributed by atoms with Gasteiger partial charge in [-0.25, -0.2) is 19.4 Å². The maximum absolute atomic E-state index is 12.2. The summed E-state index contributed by atoms with van der Waals surface area (Å²) in [5, 5.41) is 11.0. The lowest BCUT2D eigenvalue weighted by atomic mass is 9.84. The third-order valence-corrected chi connectivity index (χ3v) is 8.17. The van der Waals surface area contributed by atoms with Gasteiger partial charge in [0.1, 0.15) is 15.8 Å². The Morgan fingerprint density at radius 3 is 2.45 bits per heavy atom. The van der Waals surface area contributed by atoms with Crippen molar-refractivity contribution in [1.29, 1.82) is 0 Å². The van der Waals surface area contributed by atoms with Crippen molar-refractivity contribution in [3.63, 3.8) is 0 Å². The Kier molecular flexibility index (Phi) is 10.4. The van der Waals surface area contributed by atoms with Crippen molar-refractivity contribution in [1.82, 2.24) is 15.1 Å². The maximum Gasteiger partial charge on any atom is 0.495 e. The minimum Gasteiger partial charge on any atom is -0.489 e. The molecule has 0 atom stereocenters. The third kappa shape index (κ3) is 7.99. The molecule has 4 rings (SSSR count). The molecule has 0 radical (unpaired) electrons.